The third-order valence-electron chi connectivity index (χ3n) is 2.77. The quantitative estimate of drug-likeness (QED) is 0.584. The first kappa shape index (κ1) is 9.15. The number of hydrogen-bond donors (Lipinski definition) is 1. The SMILES string of the molecule is CN1CC[C@@H]2CN(S)C(=O)O[C@H]2C1. The highest BCUT2D eigenvalue weighted by Crippen LogP contribution is 2.26. The van der Waals surface area contributed by atoms with Gasteiger partial charge < -0.3 is 9.64 Å². The van der Waals surface area contributed by atoms with Crippen molar-refractivity contribution >= 4 is 18.9 Å². The summed E-state index contributed by atoms with van der Waals surface area (Å²) in [5, 5.41) is 0. The lowest BCUT2D eigenvalue weighted by molar-refractivity contribution is -0.0260. The normalized spacial score (nSPS) is 35.5. The summed E-state index contributed by atoms with van der Waals surface area (Å²) in [6.07, 6.45) is 0.862. The Morgan fingerprint density at radius 2 is 2.31 bits per heavy atom. The van der Waals surface area contributed by atoms with E-state index < -0.39 is 0 Å². The second kappa shape index (κ2) is 3.38. The van der Waals surface area contributed by atoms with Crippen LogP contribution in [0.4, 0.5) is 4.79 Å². The Kier molecular flexibility index (Phi) is 2.38. The molecule has 0 aromatic heterocycles. The van der Waals surface area contributed by atoms with Crippen LogP contribution in [0.2, 0.25) is 0 Å². The highest BCUT2D eigenvalue weighted by Gasteiger charge is 2.37. The van der Waals surface area contributed by atoms with E-state index in [1.165, 1.54) is 4.31 Å². The fraction of sp³-hybridized carbons (Fsp3) is 0.875. The summed E-state index contributed by atoms with van der Waals surface area (Å²) in [5.41, 5.74) is 0. The number of ether oxygens (including phenoxy) is 1. The molecule has 2 atom stereocenters. The molecular weight excluding hydrogens is 188 g/mol. The summed E-state index contributed by atoms with van der Waals surface area (Å²) >= 11 is 4.04. The minimum Gasteiger partial charge on any atom is -0.444 e. The van der Waals surface area contributed by atoms with E-state index in [0.29, 0.717) is 5.92 Å². The van der Waals surface area contributed by atoms with Gasteiger partial charge in [-0.25, -0.2) is 4.79 Å². The molecule has 13 heavy (non-hydrogen) atoms. The zero-order valence-corrected chi connectivity index (χ0v) is 8.54. The molecule has 2 aliphatic heterocycles. The molecule has 0 unspecified atom stereocenters. The number of likely N-dealkylation sites (N-methyl/N-ethyl adjacent to an activating group) is 1. The molecule has 1 amide bonds. The number of carbonyl (C=O) groups is 1. The van der Waals surface area contributed by atoms with E-state index in [2.05, 4.69) is 24.8 Å². The third-order valence-corrected chi connectivity index (χ3v) is 3.10. The van der Waals surface area contributed by atoms with E-state index in [9.17, 15) is 4.79 Å². The Morgan fingerprint density at radius 3 is 3.08 bits per heavy atom. The van der Waals surface area contributed by atoms with Crippen molar-refractivity contribution in [3.63, 3.8) is 0 Å². The Labute approximate surface area is 83.4 Å². The van der Waals surface area contributed by atoms with Crippen molar-refractivity contribution in [2.24, 2.45) is 5.92 Å². The number of carbonyl (C=O) groups excluding carboxylic acids is 1. The Morgan fingerprint density at radius 1 is 1.54 bits per heavy atom. The largest absolute Gasteiger partial charge is 0.444 e. The van der Waals surface area contributed by atoms with Gasteiger partial charge in [0.25, 0.3) is 0 Å². The molecule has 0 bridgehead atoms. The van der Waals surface area contributed by atoms with Gasteiger partial charge >= 0.3 is 6.09 Å². The maximum Gasteiger partial charge on any atom is 0.420 e. The molecule has 0 N–H and O–H groups in total. The molecule has 2 aliphatic rings. The maximum absolute atomic E-state index is 11.2. The van der Waals surface area contributed by atoms with Gasteiger partial charge in [-0.05, 0) is 20.0 Å². The summed E-state index contributed by atoms with van der Waals surface area (Å²) in [6.45, 7) is 2.67. The van der Waals surface area contributed by atoms with Gasteiger partial charge in [0.15, 0.2) is 0 Å². The fourth-order valence-corrected chi connectivity index (χ4v) is 2.21. The predicted octanol–water partition coefficient (Wildman–Crippen LogP) is 0.604. The van der Waals surface area contributed by atoms with Gasteiger partial charge in [-0.1, -0.05) is 12.8 Å². The van der Waals surface area contributed by atoms with Gasteiger partial charge in [0, 0.05) is 19.0 Å². The summed E-state index contributed by atoms with van der Waals surface area (Å²) in [6, 6.07) is 0. The topological polar surface area (TPSA) is 32.8 Å². The van der Waals surface area contributed by atoms with Crippen LogP contribution in [-0.4, -0.2) is 48.1 Å². The van der Waals surface area contributed by atoms with E-state index in [1.807, 2.05) is 0 Å². The summed E-state index contributed by atoms with van der Waals surface area (Å²) in [5.74, 6) is 0.464. The van der Waals surface area contributed by atoms with Crippen LogP contribution in [0.1, 0.15) is 6.42 Å². The monoisotopic (exact) mass is 202 g/mol. The number of rotatable bonds is 0. The molecule has 0 aliphatic carbocycles. The number of hydrogen-bond acceptors (Lipinski definition) is 4. The van der Waals surface area contributed by atoms with Crippen molar-refractivity contribution in [2.75, 3.05) is 26.7 Å². The van der Waals surface area contributed by atoms with Gasteiger partial charge in [0.05, 0.1) is 0 Å². The Hall–Kier alpha value is -0.420. The van der Waals surface area contributed by atoms with Crippen LogP contribution in [0.15, 0.2) is 0 Å². The van der Waals surface area contributed by atoms with Crippen molar-refractivity contribution in [2.45, 2.75) is 12.5 Å². The van der Waals surface area contributed by atoms with Gasteiger partial charge in [-0.2, -0.15) is 0 Å². The zero-order chi connectivity index (χ0) is 9.42. The maximum atomic E-state index is 11.2. The highest BCUT2D eigenvalue weighted by molar-refractivity contribution is 7.78. The molecule has 2 rings (SSSR count). The van der Waals surface area contributed by atoms with E-state index >= 15 is 0 Å². The van der Waals surface area contributed by atoms with Crippen LogP contribution in [0.5, 0.6) is 0 Å². The lowest BCUT2D eigenvalue weighted by Crippen LogP contribution is -2.52. The van der Waals surface area contributed by atoms with Gasteiger partial charge in [0.2, 0.25) is 0 Å². The molecule has 74 valence electrons. The van der Waals surface area contributed by atoms with Crippen LogP contribution in [0.25, 0.3) is 0 Å². The Bertz CT molecular complexity index is 224. The average molecular weight is 202 g/mol. The molecule has 2 saturated heterocycles. The van der Waals surface area contributed by atoms with Crippen LogP contribution in [0.3, 0.4) is 0 Å². The van der Waals surface area contributed by atoms with Crippen LogP contribution < -0.4 is 0 Å². The summed E-state index contributed by atoms with van der Waals surface area (Å²) in [4.78, 5) is 13.4. The van der Waals surface area contributed by atoms with E-state index in [0.717, 1.165) is 26.1 Å². The van der Waals surface area contributed by atoms with E-state index in [4.69, 9.17) is 4.74 Å². The van der Waals surface area contributed by atoms with E-state index in [-0.39, 0.29) is 12.2 Å². The highest BCUT2D eigenvalue weighted by atomic mass is 32.1. The lowest BCUT2D eigenvalue weighted by Gasteiger charge is -2.41. The van der Waals surface area contributed by atoms with Gasteiger partial charge in [0.1, 0.15) is 6.10 Å². The molecular formula is C8H14N2O2S. The van der Waals surface area contributed by atoms with Crippen LogP contribution in [-0.2, 0) is 4.74 Å². The number of piperidine rings is 1. The Balaban J connectivity index is 2.02. The molecule has 0 aromatic carbocycles. The van der Waals surface area contributed by atoms with Crippen LogP contribution >= 0.6 is 12.8 Å². The zero-order valence-electron chi connectivity index (χ0n) is 7.64. The second-order valence-corrected chi connectivity index (χ2v) is 4.30. The molecule has 0 spiro atoms. The average Bonchev–Trinajstić information content (AvgIpc) is 2.08. The molecule has 2 heterocycles. The number of likely N-dealkylation sites (tertiary alicyclic amines) is 1. The molecule has 0 radical (unpaired) electrons. The lowest BCUT2D eigenvalue weighted by atomic mass is 9.93. The van der Waals surface area contributed by atoms with Crippen molar-refractivity contribution in [1.29, 1.82) is 0 Å². The minimum atomic E-state index is -0.306. The standard InChI is InChI=1S/C8H14N2O2S/c1-9-3-2-6-4-10(13)8(11)12-7(6)5-9/h6-7,13H,2-5H2,1H3/t6-,7+/m1/s1. The molecule has 0 saturated carbocycles. The number of nitrogens with zero attached hydrogens (tertiary/aromatic N) is 2. The fourth-order valence-electron chi connectivity index (χ4n) is 1.95. The van der Waals surface area contributed by atoms with Crippen LogP contribution in [0, 0.1) is 5.92 Å². The second-order valence-electron chi connectivity index (χ2n) is 3.82. The first-order chi connectivity index (χ1) is 6.16. The summed E-state index contributed by atoms with van der Waals surface area (Å²) < 4.78 is 6.61. The first-order valence-electron chi connectivity index (χ1n) is 4.52. The molecule has 0 aromatic rings. The minimum absolute atomic E-state index is 0.0784. The van der Waals surface area contributed by atoms with Gasteiger partial charge in [-0.3, -0.25) is 4.31 Å². The van der Waals surface area contributed by atoms with Crippen molar-refractivity contribution in [1.82, 2.24) is 9.21 Å². The summed E-state index contributed by atoms with van der Waals surface area (Å²) in [7, 11) is 2.05. The van der Waals surface area contributed by atoms with Crippen molar-refractivity contribution in [3.8, 4) is 0 Å². The predicted molar refractivity (Wildman–Crippen MR) is 51.6 cm³/mol. The third kappa shape index (κ3) is 1.76. The molecule has 5 heteroatoms. The smallest absolute Gasteiger partial charge is 0.420 e. The van der Waals surface area contributed by atoms with Gasteiger partial charge in [-0.15, -0.1) is 0 Å². The molecule has 4 nitrogen and oxygen atoms in total. The van der Waals surface area contributed by atoms with Crippen molar-refractivity contribution < 1.29 is 9.53 Å². The number of thiol groups is 1. The van der Waals surface area contributed by atoms with Crippen molar-refractivity contribution in [3.05, 3.63) is 0 Å². The number of fused-ring (bicyclic) bond motifs is 1. The first-order valence-corrected chi connectivity index (χ1v) is 4.92. The number of amides is 1. The van der Waals surface area contributed by atoms with E-state index in [1.54, 1.807) is 0 Å². The molecule has 2 fully saturated rings.